The lowest BCUT2D eigenvalue weighted by atomic mass is 10.1. The second-order valence-corrected chi connectivity index (χ2v) is 7.33. The Morgan fingerprint density at radius 3 is 2.71 bits per heavy atom. The molecule has 0 radical (unpaired) electrons. The Labute approximate surface area is 163 Å². The number of aromatic nitrogens is 4. The number of aromatic hydroxyl groups is 1. The molecule has 28 heavy (non-hydrogen) atoms. The Balaban J connectivity index is 1.67. The van der Waals surface area contributed by atoms with E-state index in [4.69, 9.17) is 14.7 Å². The first-order valence-electron chi connectivity index (χ1n) is 9.87. The molecule has 2 aliphatic rings. The number of hydrogen-bond acceptors (Lipinski definition) is 7. The van der Waals surface area contributed by atoms with Crippen molar-refractivity contribution in [1.82, 2.24) is 24.8 Å². The number of hydrogen-bond donors (Lipinski definition) is 2. The third-order valence-electron chi connectivity index (χ3n) is 5.53. The maximum absolute atomic E-state index is 9.97. The lowest BCUT2D eigenvalue weighted by molar-refractivity contribution is 0.122. The minimum atomic E-state index is 0.218. The molecule has 2 aliphatic heterocycles. The van der Waals surface area contributed by atoms with Crippen LogP contribution in [0.25, 0.3) is 22.4 Å². The fraction of sp³-hybridized carbons (Fsp3) is 0.450. The Morgan fingerprint density at radius 2 is 1.93 bits per heavy atom. The average molecular weight is 380 g/mol. The smallest absolute Gasteiger partial charge is 0.228 e. The van der Waals surface area contributed by atoms with Crippen LogP contribution < -0.4 is 10.2 Å². The topological polar surface area (TPSA) is 88.3 Å². The van der Waals surface area contributed by atoms with E-state index < -0.39 is 0 Å². The molecule has 8 nitrogen and oxygen atoms in total. The van der Waals surface area contributed by atoms with Gasteiger partial charge in [-0.3, -0.25) is 0 Å². The SMILES string of the molecule is Oc1cccc(-c2nc(N3CCOCC3)nc3c2ncn3C2CCNCC2)c1. The molecule has 0 aliphatic carbocycles. The molecule has 1 aromatic carbocycles. The Kier molecular flexibility index (Phi) is 4.58. The molecule has 5 rings (SSSR count). The number of rotatable bonds is 3. The summed E-state index contributed by atoms with van der Waals surface area (Å²) in [4.78, 5) is 16.6. The standard InChI is InChI=1S/C20H24N6O2/c27-16-3-1-2-14(12-16)17-18-19(24-20(23-17)25-8-10-28-11-9-25)26(13-22-18)15-4-6-21-7-5-15/h1-3,12-13,15,21,27H,4-11H2. The van der Waals surface area contributed by atoms with Crippen LogP contribution in [0, 0.1) is 0 Å². The van der Waals surface area contributed by atoms with Crippen LogP contribution in [0.15, 0.2) is 30.6 Å². The minimum absolute atomic E-state index is 0.218. The molecular formula is C20H24N6O2. The summed E-state index contributed by atoms with van der Waals surface area (Å²) < 4.78 is 7.69. The zero-order chi connectivity index (χ0) is 18.9. The van der Waals surface area contributed by atoms with Crippen LogP contribution in [-0.2, 0) is 4.74 Å². The van der Waals surface area contributed by atoms with E-state index in [0.29, 0.717) is 25.2 Å². The van der Waals surface area contributed by atoms with E-state index in [0.717, 1.165) is 61.4 Å². The Hall–Kier alpha value is -2.71. The fourth-order valence-corrected chi connectivity index (χ4v) is 4.02. The van der Waals surface area contributed by atoms with Crippen LogP contribution in [0.4, 0.5) is 5.95 Å². The van der Waals surface area contributed by atoms with Gasteiger partial charge in [0, 0.05) is 24.7 Å². The van der Waals surface area contributed by atoms with Crippen molar-refractivity contribution in [3.63, 3.8) is 0 Å². The summed E-state index contributed by atoms with van der Waals surface area (Å²) in [6.07, 6.45) is 4.01. The van der Waals surface area contributed by atoms with Gasteiger partial charge in [-0.15, -0.1) is 0 Å². The van der Waals surface area contributed by atoms with Gasteiger partial charge in [0.1, 0.15) is 17.0 Å². The molecule has 0 bridgehead atoms. The van der Waals surface area contributed by atoms with E-state index >= 15 is 0 Å². The Morgan fingerprint density at radius 1 is 1.11 bits per heavy atom. The van der Waals surface area contributed by atoms with Crippen LogP contribution in [0.3, 0.4) is 0 Å². The first-order valence-corrected chi connectivity index (χ1v) is 9.87. The predicted molar refractivity (Wildman–Crippen MR) is 107 cm³/mol. The van der Waals surface area contributed by atoms with E-state index in [1.165, 1.54) is 0 Å². The lowest BCUT2D eigenvalue weighted by Gasteiger charge is -2.28. The number of imidazole rings is 1. The first kappa shape index (κ1) is 17.4. The van der Waals surface area contributed by atoms with Gasteiger partial charge in [0.25, 0.3) is 0 Å². The Bertz CT molecular complexity index is 976. The van der Waals surface area contributed by atoms with Crippen molar-refractivity contribution in [1.29, 1.82) is 0 Å². The van der Waals surface area contributed by atoms with Crippen molar-refractivity contribution >= 4 is 17.1 Å². The summed E-state index contributed by atoms with van der Waals surface area (Å²) in [5.41, 5.74) is 3.25. The number of phenols is 1. The normalized spacial score (nSPS) is 18.6. The molecule has 4 heterocycles. The molecule has 2 N–H and O–H groups in total. The monoisotopic (exact) mass is 380 g/mol. The number of piperidine rings is 1. The van der Waals surface area contributed by atoms with Gasteiger partial charge in [0.2, 0.25) is 5.95 Å². The van der Waals surface area contributed by atoms with Crippen molar-refractivity contribution in [3.05, 3.63) is 30.6 Å². The number of morpholine rings is 1. The first-order chi connectivity index (χ1) is 13.8. The molecule has 2 aromatic heterocycles. The molecule has 0 amide bonds. The van der Waals surface area contributed by atoms with Crippen molar-refractivity contribution < 1.29 is 9.84 Å². The van der Waals surface area contributed by atoms with Gasteiger partial charge in [-0.05, 0) is 38.1 Å². The van der Waals surface area contributed by atoms with Crippen LogP contribution in [0.5, 0.6) is 5.75 Å². The molecule has 0 atom stereocenters. The summed E-state index contributed by atoms with van der Waals surface area (Å²) in [7, 11) is 0. The van der Waals surface area contributed by atoms with Gasteiger partial charge in [0.05, 0.1) is 19.5 Å². The van der Waals surface area contributed by atoms with Crippen molar-refractivity contribution in [2.24, 2.45) is 0 Å². The molecule has 0 saturated carbocycles. The minimum Gasteiger partial charge on any atom is -0.508 e. The van der Waals surface area contributed by atoms with E-state index in [-0.39, 0.29) is 5.75 Å². The second-order valence-electron chi connectivity index (χ2n) is 7.33. The maximum atomic E-state index is 9.97. The highest BCUT2D eigenvalue weighted by Gasteiger charge is 2.23. The summed E-state index contributed by atoms with van der Waals surface area (Å²) in [5.74, 6) is 0.916. The predicted octanol–water partition coefficient (Wildman–Crippen LogP) is 1.96. The highest BCUT2D eigenvalue weighted by atomic mass is 16.5. The van der Waals surface area contributed by atoms with Crippen LogP contribution in [0.2, 0.25) is 0 Å². The number of nitrogens with one attached hydrogen (secondary N) is 1. The van der Waals surface area contributed by atoms with Crippen molar-refractivity contribution in [2.75, 3.05) is 44.3 Å². The lowest BCUT2D eigenvalue weighted by Crippen LogP contribution is -2.37. The van der Waals surface area contributed by atoms with Crippen LogP contribution in [0.1, 0.15) is 18.9 Å². The van der Waals surface area contributed by atoms with Gasteiger partial charge in [0.15, 0.2) is 5.65 Å². The number of nitrogens with zero attached hydrogens (tertiary/aromatic N) is 5. The number of ether oxygens (including phenoxy) is 1. The largest absolute Gasteiger partial charge is 0.508 e. The maximum Gasteiger partial charge on any atom is 0.228 e. The van der Waals surface area contributed by atoms with E-state index in [9.17, 15) is 5.11 Å². The molecule has 0 spiro atoms. The summed E-state index contributed by atoms with van der Waals surface area (Å²) >= 11 is 0. The van der Waals surface area contributed by atoms with Crippen molar-refractivity contribution in [2.45, 2.75) is 18.9 Å². The number of fused-ring (bicyclic) bond motifs is 1. The third kappa shape index (κ3) is 3.18. The quantitative estimate of drug-likeness (QED) is 0.718. The molecule has 2 fully saturated rings. The zero-order valence-electron chi connectivity index (χ0n) is 15.7. The molecule has 2 saturated heterocycles. The zero-order valence-corrected chi connectivity index (χ0v) is 15.7. The fourth-order valence-electron chi connectivity index (χ4n) is 4.02. The highest BCUT2D eigenvalue weighted by Crippen LogP contribution is 2.32. The van der Waals surface area contributed by atoms with Gasteiger partial charge in [-0.25, -0.2) is 9.97 Å². The molecular weight excluding hydrogens is 356 g/mol. The van der Waals surface area contributed by atoms with E-state index in [2.05, 4.69) is 19.8 Å². The van der Waals surface area contributed by atoms with E-state index in [1.54, 1.807) is 12.1 Å². The van der Waals surface area contributed by atoms with Gasteiger partial charge in [-0.1, -0.05) is 12.1 Å². The van der Waals surface area contributed by atoms with E-state index in [1.807, 2.05) is 18.5 Å². The number of anilines is 1. The molecule has 0 unspecified atom stereocenters. The highest BCUT2D eigenvalue weighted by molar-refractivity contribution is 5.88. The van der Waals surface area contributed by atoms with Gasteiger partial charge < -0.3 is 24.6 Å². The van der Waals surface area contributed by atoms with Gasteiger partial charge in [-0.2, -0.15) is 4.98 Å². The molecule has 3 aromatic rings. The third-order valence-corrected chi connectivity index (χ3v) is 5.53. The average Bonchev–Trinajstić information content (AvgIpc) is 3.18. The number of benzene rings is 1. The van der Waals surface area contributed by atoms with Crippen LogP contribution >= 0.6 is 0 Å². The molecule has 146 valence electrons. The van der Waals surface area contributed by atoms with Gasteiger partial charge >= 0.3 is 0 Å². The summed E-state index contributed by atoms with van der Waals surface area (Å²) in [6, 6.07) is 7.56. The van der Waals surface area contributed by atoms with Crippen LogP contribution in [-0.4, -0.2) is 64.0 Å². The second kappa shape index (κ2) is 7.37. The summed E-state index contributed by atoms with van der Waals surface area (Å²) in [6.45, 7) is 4.90. The number of phenolic OH excluding ortho intramolecular Hbond substituents is 1. The summed E-state index contributed by atoms with van der Waals surface area (Å²) in [5, 5.41) is 13.4. The van der Waals surface area contributed by atoms with Crippen molar-refractivity contribution in [3.8, 4) is 17.0 Å². The molecule has 8 heteroatoms.